The molecule has 0 N–H and O–H groups in total. The van der Waals surface area contributed by atoms with Gasteiger partial charge in [-0.15, -0.1) is 0 Å². The second kappa shape index (κ2) is 88.4. The van der Waals surface area contributed by atoms with E-state index in [4.69, 9.17) is 0 Å². The third kappa shape index (κ3) is 68.2. The molecule has 2 nitrogen and oxygen atoms in total. The molecule has 0 atom stereocenters. The van der Waals surface area contributed by atoms with E-state index >= 15 is 0 Å². The van der Waals surface area contributed by atoms with Gasteiger partial charge < -0.3 is 5.53 Å². The minimum atomic E-state index is 0.830. The Morgan fingerprint density at radius 2 is 0.491 bits per heavy atom. The summed E-state index contributed by atoms with van der Waals surface area (Å²) < 4.78 is 1.44. The van der Waals surface area contributed by atoms with E-state index in [0.29, 0.717) is 0 Å². The van der Waals surface area contributed by atoms with Crippen molar-refractivity contribution in [3.8, 4) is 11.8 Å². The van der Waals surface area contributed by atoms with Gasteiger partial charge in [0, 0.05) is 23.1 Å². The number of rotatable bonds is 88. The van der Waals surface area contributed by atoms with Crippen molar-refractivity contribution in [2.75, 3.05) is 0 Å². The molecule has 0 saturated heterocycles. The van der Waals surface area contributed by atoms with Crippen LogP contribution in [0, 0.1) is 11.8 Å². The van der Waals surface area contributed by atoms with Crippen molar-refractivity contribution in [2.24, 2.45) is 0 Å². The number of allylic oxidation sites excluding steroid dienone is 2. The van der Waals surface area contributed by atoms with Crippen LogP contribution in [0.25, 0.3) is 16.9 Å². The van der Waals surface area contributed by atoms with Gasteiger partial charge >= 0.3 is 166 Å². The first-order valence-electron chi connectivity index (χ1n) is 52.6. The topological polar surface area (TPSA) is 25.3 Å². The van der Waals surface area contributed by atoms with E-state index < -0.39 is 0 Å². The van der Waals surface area contributed by atoms with E-state index in [1.165, 1.54) is 547 Å². The zero-order chi connectivity index (χ0) is 81.5. The monoisotopic (exact) mass is 1620 g/mol. The Hall–Kier alpha value is -2.43. The average molecular weight is 1620 g/mol. The summed E-state index contributed by atoms with van der Waals surface area (Å²) in [6.07, 6.45) is 121. The van der Waals surface area contributed by atoms with Gasteiger partial charge in [0.2, 0.25) is 11.4 Å². The zero-order valence-corrected chi connectivity index (χ0v) is 79.3. The van der Waals surface area contributed by atoms with Crippen LogP contribution in [0.2, 0.25) is 10.8 Å². The quantitative estimate of drug-likeness (QED) is 0.0273. The van der Waals surface area contributed by atoms with E-state index in [-0.39, 0.29) is 0 Å². The van der Waals surface area contributed by atoms with Crippen LogP contribution >= 0.6 is 0 Å². The van der Waals surface area contributed by atoms with Crippen LogP contribution in [-0.2, 0) is 27.3 Å². The SMILES string of the molecule is CCCCCCCCCCCCCCCCCCCCCCCCC#CC1=C(c2ccc(CCCC)cc2)[N+](=[N-])C(c2cccc(CCCCCCCCCCCC)c2)=C1C.CCCCCCCCCCCCCCCCCCCCCCCCC[CH2][Ni][CH2]CCCCCCCCCCCCCCCCCCCCCCCCC. The molecule has 1 aliphatic rings. The standard InChI is InChI=1S/C59H94N2.2C26H53.Ni/c1-5-8-11-13-15-17-19-20-21-22-23-24-25-26-27-28-29-30-31-32-34-36-38-40-46-57-52(4)58(61(60)59(57)55-49-47-53(48-50-55)42-10-7-3)56-45-41-44-54(51-56)43-39-37-35-33-18-16-14-12-9-6-2;2*1-3-5-7-9-11-13-15-17-19-21-23-25-26-24-22-20-18-16-14-12-10-8-6-4-2;/h41,44-45,47-51H,5-39,42-43H2,1-4H3;2*1,3-26H2,2H3;. The number of nitrogens with zero attached hydrogens (tertiary/aromatic N) is 2. The van der Waals surface area contributed by atoms with E-state index in [1.807, 2.05) is 0 Å². The van der Waals surface area contributed by atoms with Crippen molar-refractivity contribution < 1.29 is 19.1 Å². The van der Waals surface area contributed by atoms with Crippen LogP contribution in [0.1, 0.15) is 597 Å². The van der Waals surface area contributed by atoms with Crippen LogP contribution in [0.5, 0.6) is 0 Å². The molecule has 0 amide bonds. The van der Waals surface area contributed by atoms with Gasteiger partial charge in [-0.3, -0.25) is 0 Å². The van der Waals surface area contributed by atoms with Crippen molar-refractivity contribution in [1.82, 2.24) is 0 Å². The normalized spacial score (nSPS) is 12.3. The fourth-order valence-corrected chi connectivity index (χ4v) is 18.9. The van der Waals surface area contributed by atoms with Crippen LogP contribution < -0.4 is 0 Å². The maximum absolute atomic E-state index is 11.9. The predicted molar refractivity (Wildman–Crippen MR) is 512 cm³/mol. The fraction of sp³-hybridized carbons (Fsp3) is 0.838. The number of hydrogen-bond donors (Lipinski definition) is 0. The summed E-state index contributed by atoms with van der Waals surface area (Å²) in [6.45, 7) is 13.6. The molecule has 2 aromatic rings. The summed E-state index contributed by atoms with van der Waals surface area (Å²) in [5.74, 6) is 7.12. The molecule has 1 aliphatic heterocycles. The second-order valence-electron chi connectivity index (χ2n) is 36.7. The molecule has 0 unspecified atom stereocenters. The van der Waals surface area contributed by atoms with E-state index in [1.54, 1.807) is 0 Å². The van der Waals surface area contributed by atoms with E-state index in [2.05, 4.69) is 116 Å². The summed E-state index contributed by atoms with van der Waals surface area (Å²) >= 11 is 2.05. The predicted octanol–water partition coefficient (Wildman–Crippen LogP) is 40.3. The smallest absolute Gasteiger partial charge is 0.0654 e. The summed E-state index contributed by atoms with van der Waals surface area (Å²) in [6, 6.07) is 17.7. The average Bonchev–Trinajstić information content (AvgIpc) is 1.61. The first kappa shape index (κ1) is 108. The van der Waals surface area contributed by atoms with Gasteiger partial charge in [0.15, 0.2) is 0 Å². The van der Waals surface area contributed by atoms with Gasteiger partial charge in [-0.2, -0.15) is 0 Å². The molecular formula is C111H200N2Ni. The van der Waals surface area contributed by atoms with Crippen molar-refractivity contribution >= 4 is 11.4 Å². The molecule has 3 rings (SSSR count). The first-order chi connectivity index (χ1) is 56.5. The molecule has 3 heteroatoms. The van der Waals surface area contributed by atoms with Crippen LogP contribution in [0.3, 0.4) is 0 Å². The molecule has 1 heterocycles. The summed E-state index contributed by atoms with van der Waals surface area (Å²) in [5.41, 5.74) is 20.5. The van der Waals surface area contributed by atoms with Crippen LogP contribution in [-0.4, -0.2) is 4.70 Å². The van der Waals surface area contributed by atoms with Gasteiger partial charge in [-0.25, -0.2) is 4.70 Å². The summed E-state index contributed by atoms with van der Waals surface area (Å²) in [7, 11) is 0. The summed E-state index contributed by atoms with van der Waals surface area (Å²) in [4.78, 5) is 0. The van der Waals surface area contributed by atoms with E-state index in [0.717, 1.165) is 59.4 Å². The van der Waals surface area contributed by atoms with Crippen LogP contribution in [0.4, 0.5) is 0 Å². The second-order valence-corrected chi connectivity index (χ2v) is 38.1. The Morgan fingerprint density at radius 3 is 0.772 bits per heavy atom. The van der Waals surface area contributed by atoms with Gasteiger partial charge in [0.1, 0.15) is 5.57 Å². The van der Waals surface area contributed by atoms with Crippen LogP contribution in [0.15, 0.2) is 59.7 Å². The van der Waals surface area contributed by atoms with Crippen molar-refractivity contribution in [3.63, 3.8) is 0 Å². The van der Waals surface area contributed by atoms with Crippen molar-refractivity contribution in [1.29, 1.82) is 0 Å². The number of hydrogen-bond acceptors (Lipinski definition) is 0. The Bertz CT molecular complexity index is 2380. The maximum atomic E-state index is 11.9. The zero-order valence-electron chi connectivity index (χ0n) is 78.3. The Labute approximate surface area is 723 Å². The molecule has 0 spiro atoms. The van der Waals surface area contributed by atoms with Gasteiger partial charge in [-0.05, 0) is 74.4 Å². The Morgan fingerprint density at radius 1 is 0.246 bits per heavy atom. The van der Waals surface area contributed by atoms with Crippen molar-refractivity contribution in [3.05, 3.63) is 87.5 Å². The molecule has 0 radical (unpaired) electrons. The number of benzene rings is 2. The molecule has 2 aromatic carbocycles. The molecule has 0 bridgehead atoms. The third-order valence-electron chi connectivity index (χ3n) is 25.5. The first-order valence-corrected chi connectivity index (χ1v) is 54.0. The molecule has 0 saturated carbocycles. The number of unbranched alkanes of at least 4 members (excludes halogenated alkanes) is 78. The molecule has 0 aliphatic carbocycles. The third-order valence-corrected chi connectivity index (χ3v) is 26.9. The number of aryl methyl sites for hydroxylation is 2. The Kier molecular flexibility index (Phi) is 83.4. The molecule has 0 aromatic heterocycles. The minimum Gasteiger partial charge on any atom is -0.0654 e. The van der Waals surface area contributed by atoms with Gasteiger partial charge in [0.05, 0.1) is 0 Å². The molecule has 114 heavy (non-hydrogen) atoms. The van der Waals surface area contributed by atoms with Gasteiger partial charge in [-0.1, -0.05) is 437 Å². The molecule has 664 valence electrons. The van der Waals surface area contributed by atoms with Gasteiger partial charge in [0.25, 0.3) is 0 Å². The summed E-state index contributed by atoms with van der Waals surface area (Å²) in [5, 5.41) is 2.87. The van der Waals surface area contributed by atoms with E-state index in [9.17, 15) is 5.53 Å². The molecule has 0 fully saturated rings. The van der Waals surface area contributed by atoms with Crippen molar-refractivity contribution in [2.45, 2.75) is 598 Å². The molecular weight excluding hydrogens is 1420 g/mol. The Balaban J connectivity index is 0.000000782. The minimum absolute atomic E-state index is 0.830. The fourth-order valence-electron chi connectivity index (χ4n) is 17.6.